The van der Waals surface area contributed by atoms with Gasteiger partial charge in [-0.1, -0.05) is 127 Å². The van der Waals surface area contributed by atoms with Crippen molar-refractivity contribution in [2.24, 2.45) is 0 Å². The molecule has 45 heavy (non-hydrogen) atoms. The van der Waals surface area contributed by atoms with E-state index in [0.717, 1.165) is 39.2 Å². The Kier molecular flexibility index (Phi) is 5.00. The molecule has 1 aliphatic carbocycles. The highest BCUT2D eigenvalue weighted by Gasteiger charge is 2.27. The van der Waals surface area contributed by atoms with Crippen LogP contribution in [0.4, 0.5) is 0 Å². The van der Waals surface area contributed by atoms with E-state index >= 15 is 0 Å². The molecular formula is C42H25N3. The number of aromatic nitrogens is 3. The van der Waals surface area contributed by atoms with E-state index in [9.17, 15) is 0 Å². The lowest BCUT2D eigenvalue weighted by molar-refractivity contribution is 1.18. The van der Waals surface area contributed by atoms with Gasteiger partial charge in [-0.2, -0.15) is 0 Å². The maximum absolute atomic E-state index is 5.18. The second-order valence-corrected chi connectivity index (χ2v) is 11.8. The minimum atomic E-state index is 0.732. The summed E-state index contributed by atoms with van der Waals surface area (Å²) in [6.45, 7) is 0. The summed E-state index contributed by atoms with van der Waals surface area (Å²) in [6, 6.07) is 54.1. The number of benzene rings is 7. The van der Waals surface area contributed by atoms with E-state index in [1.165, 1.54) is 54.8 Å². The first kappa shape index (κ1) is 24.4. The van der Waals surface area contributed by atoms with Crippen LogP contribution in [-0.4, -0.2) is 14.5 Å². The predicted octanol–water partition coefficient (Wildman–Crippen LogP) is 10.9. The van der Waals surface area contributed by atoms with Crippen molar-refractivity contribution in [3.05, 3.63) is 152 Å². The minimum absolute atomic E-state index is 0.732. The molecule has 3 heteroatoms. The molecule has 9 aromatic rings. The van der Waals surface area contributed by atoms with Crippen LogP contribution in [0, 0.1) is 0 Å². The second-order valence-electron chi connectivity index (χ2n) is 11.8. The monoisotopic (exact) mass is 571 g/mol. The molecule has 0 radical (unpaired) electrons. The topological polar surface area (TPSA) is 30.7 Å². The quantitative estimate of drug-likeness (QED) is 0.211. The van der Waals surface area contributed by atoms with Gasteiger partial charge in [-0.05, 0) is 51.7 Å². The molecule has 7 aromatic carbocycles. The summed E-state index contributed by atoms with van der Waals surface area (Å²) in [7, 11) is 0. The summed E-state index contributed by atoms with van der Waals surface area (Å²) in [5.74, 6) is 0.732. The van der Waals surface area contributed by atoms with Gasteiger partial charge >= 0.3 is 0 Å². The number of nitrogens with zero attached hydrogens (tertiary/aromatic N) is 3. The molecule has 0 saturated heterocycles. The van der Waals surface area contributed by atoms with Gasteiger partial charge in [0, 0.05) is 38.5 Å². The van der Waals surface area contributed by atoms with Crippen molar-refractivity contribution in [3.63, 3.8) is 0 Å². The Balaban J connectivity index is 1.27. The first-order valence-electron chi connectivity index (χ1n) is 15.4. The minimum Gasteiger partial charge on any atom is -0.309 e. The maximum Gasteiger partial charge on any atom is 0.160 e. The van der Waals surface area contributed by atoms with Crippen molar-refractivity contribution >= 4 is 43.5 Å². The van der Waals surface area contributed by atoms with E-state index in [4.69, 9.17) is 9.97 Å². The highest BCUT2D eigenvalue weighted by molar-refractivity contribution is 6.24. The van der Waals surface area contributed by atoms with Crippen molar-refractivity contribution in [2.75, 3.05) is 0 Å². The van der Waals surface area contributed by atoms with Crippen LogP contribution in [-0.2, 0) is 0 Å². The predicted molar refractivity (Wildman–Crippen MR) is 187 cm³/mol. The zero-order valence-electron chi connectivity index (χ0n) is 24.3. The van der Waals surface area contributed by atoms with Gasteiger partial charge in [0.1, 0.15) is 0 Å². The Morgan fingerprint density at radius 3 is 2.09 bits per heavy atom. The molecular weight excluding hydrogens is 546 g/mol. The first-order chi connectivity index (χ1) is 22.3. The summed E-state index contributed by atoms with van der Waals surface area (Å²) >= 11 is 0. The van der Waals surface area contributed by atoms with Crippen LogP contribution in [0.3, 0.4) is 0 Å². The SMILES string of the molecule is c1ccc(-c2nc(-c3cccc(-n4c5ccccc5c5ccc6c(c54)-c4cccc5cccc-6c45)c3)c3ccccc3n2)cc1. The Labute approximate surface area is 259 Å². The number of hydrogen-bond donors (Lipinski definition) is 0. The van der Waals surface area contributed by atoms with Crippen LogP contribution in [0.25, 0.3) is 94.1 Å². The fraction of sp³-hybridized carbons (Fsp3) is 0. The molecule has 2 aromatic heterocycles. The Hall–Kier alpha value is -6.06. The highest BCUT2D eigenvalue weighted by atomic mass is 15.0. The van der Waals surface area contributed by atoms with Gasteiger partial charge in [-0.3, -0.25) is 0 Å². The maximum atomic E-state index is 5.18. The zero-order chi connectivity index (χ0) is 29.5. The second kappa shape index (κ2) is 9.22. The summed E-state index contributed by atoms with van der Waals surface area (Å²) in [6.07, 6.45) is 0. The van der Waals surface area contributed by atoms with E-state index in [2.05, 4.69) is 132 Å². The van der Waals surface area contributed by atoms with Crippen molar-refractivity contribution in [1.82, 2.24) is 14.5 Å². The average Bonchev–Trinajstić information content (AvgIpc) is 3.62. The third kappa shape index (κ3) is 3.46. The fourth-order valence-electron chi connectivity index (χ4n) is 7.40. The molecule has 0 fully saturated rings. The molecule has 0 amide bonds. The Morgan fingerprint density at radius 2 is 1.20 bits per heavy atom. The number of para-hydroxylation sites is 2. The van der Waals surface area contributed by atoms with E-state index < -0.39 is 0 Å². The molecule has 0 saturated carbocycles. The molecule has 0 atom stereocenters. The number of rotatable bonds is 3. The van der Waals surface area contributed by atoms with Gasteiger partial charge in [0.05, 0.1) is 22.2 Å². The van der Waals surface area contributed by atoms with Gasteiger partial charge in [0.15, 0.2) is 5.82 Å². The largest absolute Gasteiger partial charge is 0.309 e. The van der Waals surface area contributed by atoms with Gasteiger partial charge < -0.3 is 4.57 Å². The van der Waals surface area contributed by atoms with Gasteiger partial charge in [-0.25, -0.2) is 9.97 Å². The third-order valence-corrected chi connectivity index (χ3v) is 9.31. The van der Waals surface area contributed by atoms with E-state index in [1.54, 1.807) is 0 Å². The molecule has 2 heterocycles. The first-order valence-corrected chi connectivity index (χ1v) is 15.4. The molecule has 1 aliphatic rings. The van der Waals surface area contributed by atoms with Crippen molar-refractivity contribution in [1.29, 1.82) is 0 Å². The molecule has 0 spiro atoms. The standard InChI is InChI=1S/C42H25N3/c1-2-11-27(12-3-1)42-43-36-21-6-4-18-34(36)40(44-42)28-15-8-16-29(25-28)45-37-22-7-5-17-30(37)33-24-23-32-31-19-9-13-26-14-10-20-35(38(26)31)39(32)41(33)45/h1-25H. The van der Waals surface area contributed by atoms with Crippen LogP contribution in [0.15, 0.2) is 152 Å². The van der Waals surface area contributed by atoms with Gasteiger partial charge in [0.25, 0.3) is 0 Å². The van der Waals surface area contributed by atoms with Gasteiger partial charge in [-0.15, -0.1) is 0 Å². The highest BCUT2D eigenvalue weighted by Crippen LogP contribution is 2.52. The van der Waals surface area contributed by atoms with Crippen molar-refractivity contribution in [3.8, 4) is 50.6 Å². The molecule has 0 unspecified atom stereocenters. The van der Waals surface area contributed by atoms with Crippen LogP contribution in [0.2, 0.25) is 0 Å². The molecule has 0 N–H and O–H groups in total. The summed E-state index contributed by atoms with van der Waals surface area (Å²) in [4.78, 5) is 10.1. The fourth-order valence-corrected chi connectivity index (χ4v) is 7.40. The van der Waals surface area contributed by atoms with Crippen LogP contribution in [0.1, 0.15) is 0 Å². The third-order valence-electron chi connectivity index (χ3n) is 9.31. The summed E-state index contributed by atoms with van der Waals surface area (Å²) < 4.78 is 2.46. The van der Waals surface area contributed by atoms with Gasteiger partial charge in [0.2, 0.25) is 0 Å². The van der Waals surface area contributed by atoms with Crippen molar-refractivity contribution in [2.45, 2.75) is 0 Å². The van der Waals surface area contributed by atoms with E-state index in [1.807, 2.05) is 24.3 Å². The van der Waals surface area contributed by atoms with Crippen LogP contribution >= 0.6 is 0 Å². The molecule has 3 nitrogen and oxygen atoms in total. The lowest BCUT2D eigenvalue weighted by Crippen LogP contribution is -1.98. The smallest absolute Gasteiger partial charge is 0.160 e. The molecule has 0 aliphatic heterocycles. The Morgan fingerprint density at radius 1 is 0.467 bits per heavy atom. The van der Waals surface area contributed by atoms with Crippen LogP contribution in [0.5, 0.6) is 0 Å². The Bertz CT molecular complexity index is 2640. The lowest BCUT2D eigenvalue weighted by Gasteiger charge is -2.14. The summed E-state index contributed by atoms with van der Waals surface area (Å²) in [5.41, 5.74) is 12.7. The van der Waals surface area contributed by atoms with E-state index in [0.29, 0.717) is 0 Å². The average molecular weight is 572 g/mol. The van der Waals surface area contributed by atoms with Crippen LogP contribution < -0.4 is 0 Å². The molecule has 208 valence electrons. The number of hydrogen-bond acceptors (Lipinski definition) is 2. The van der Waals surface area contributed by atoms with Crippen molar-refractivity contribution < 1.29 is 0 Å². The lowest BCUT2D eigenvalue weighted by atomic mass is 10.00. The summed E-state index contributed by atoms with van der Waals surface area (Å²) in [5, 5.41) is 6.18. The van der Waals surface area contributed by atoms with E-state index in [-0.39, 0.29) is 0 Å². The normalized spacial score (nSPS) is 12.0. The molecule has 0 bridgehead atoms. The molecule has 10 rings (SSSR count). The number of fused-ring (bicyclic) bond motifs is 8. The zero-order valence-corrected chi connectivity index (χ0v) is 24.3.